The highest BCUT2D eigenvalue weighted by molar-refractivity contribution is 6.01. The molecule has 8 nitrogen and oxygen atoms in total. The lowest BCUT2D eigenvalue weighted by molar-refractivity contribution is -0.138. The molecule has 1 aliphatic heterocycles. The first-order valence-electron chi connectivity index (χ1n) is 12.8. The predicted molar refractivity (Wildman–Crippen MR) is 148 cm³/mol. The Kier molecular flexibility index (Phi) is 8.89. The zero-order chi connectivity index (χ0) is 28.2. The van der Waals surface area contributed by atoms with Gasteiger partial charge in [0.15, 0.2) is 0 Å². The van der Waals surface area contributed by atoms with Crippen molar-refractivity contribution in [3.63, 3.8) is 0 Å². The van der Waals surface area contributed by atoms with Gasteiger partial charge in [-0.25, -0.2) is 0 Å². The van der Waals surface area contributed by atoms with Gasteiger partial charge >= 0.3 is 0 Å². The first kappa shape index (κ1) is 28.8. The van der Waals surface area contributed by atoms with E-state index in [9.17, 15) is 19.5 Å². The number of nitrogens with zero attached hydrogens (tertiary/aromatic N) is 1. The molecule has 202 valence electrons. The number of rotatable bonds is 9. The van der Waals surface area contributed by atoms with Gasteiger partial charge < -0.3 is 26.5 Å². The molecule has 3 amide bonds. The number of hydrogen-bond donors (Lipinski definition) is 4. The third kappa shape index (κ3) is 6.75. The largest absolute Gasteiger partial charge is 0.388 e. The number of amides is 3. The van der Waals surface area contributed by atoms with E-state index in [1.54, 1.807) is 43.9 Å². The van der Waals surface area contributed by atoms with Gasteiger partial charge in [0.1, 0.15) is 0 Å². The van der Waals surface area contributed by atoms with Crippen LogP contribution in [0, 0.1) is 18.3 Å². The van der Waals surface area contributed by atoms with Crippen molar-refractivity contribution in [1.82, 2.24) is 10.2 Å². The van der Waals surface area contributed by atoms with Gasteiger partial charge in [0.25, 0.3) is 5.91 Å². The number of benzene rings is 2. The molecule has 0 bridgehead atoms. The summed E-state index contributed by atoms with van der Waals surface area (Å²) in [6.45, 7) is 8.70. The number of likely N-dealkylation sites (tertiary alicyclic amines) is 1. The molecular weight excluding hydrogens is 480 g/mol. The SMILES string of the molecule is CC(=N)/C=C(/Cc1ccc(C(=O)NCC(=O)N2[C@H](c3ccccc3)[C@H](C)C[C@@H]2C(C)(C)O)cc1C)C(N)=O. The second-order valence-electron chi connectivity index (χ2n) is 10.8. The Labute approximate surface area is 224 Å². The second-order valence-corrected chi connectivity index (χ2v) is 10.8. The van der Waals surface area contributed by atoms with E-state index < -0.39 is 17.4 Å². The summed E-state index contributed by atoms with van der Waals surface area (Å²) in [4.78, 5) is 39.9. The lowest BCUT2D eigenvalue weighted by Gasteiger charge is -2.37. The van der Waals surface area contributed by atoms with E-state index in [0.29, 0.717) is 17.6 Å². The van der Waals surface area contributed by atoms with Crippen molar-refractivity contribution in [2.75, 3.05) is 6.54 Å². The van der Waals surface area contributed by atoms with E-state index in [0.717, 1.165) is 16.7 Å². The summed E-state index contributed by atoms with van der Waals surface area (Å²) in [6.07, 6.45) is 2.35. The highest BCUT2D eigenvalue weighted by atomic mass is 16.3. The number of allylic oxidation sites excluding steroid dienone is 1. The predicted octanol–water partition coefficient (Wildman–Crippen LogP) is 3.47. The highest BCUT2D eigenvalue weighted by Crippen LogP contribution is 2.44. The van der Waals surface area contributed by atoms with Crippen molar-refractivity contribution in [3.8, 4) is 0 Å². The fourth-order valence-corrected chi connectivity index (χ4v) is 5.22. The molecule has 0 saturated carbocycles. The Morgan fingerprint density at radius 3 is 2.39 bits per heavy atom. The van der Waals surface area contributed by atoms with Gasteiger partial charge in [0, 0.05) is 23.3 Å². The molecule has 1 fully saturated rings. The normalized spacial score (nSPS) is 19.8. The number of primary amides is 1. The lowest BCUT2D eigenvalue weighted by Crippen LogP contribution is -2.51. The van der Waals surface area contributed by atoms with Crippen LogP contribution in [0.4, 0.5) is 0 Å². The van der Waals surface area contributed by atoms with Crippen molar-refractivity contribution in [3.05, 3.63) is 82.4 Å². The van der Waals surface area contributed by atoms with Crippen LogP contribution < -0.4 is 11.1 Å². The van der Waals surface area contributed by atoms with E-state index in [4.69, 9.17) is 11.1 Å². The van der Waals surface area contributed by atoms with Gasteiger partial charge in [0.05, 0.1) is 24.2 Å². The van der Waals surface area contributed by atoms with E-state index >= 15 is 0 Å². The van der Waals surface area contributed by atoms with E-state index in [1.807, 2.05) is 37.3 Å². The highest BCUT2D eigenvalue weighted by Gasteiger charge is 2.47. The van der Waals surface area contributed by atoms with Crippen LogP contribution in [0.1, 0.15) is 67.2 Å². The average Bonchev–Trinajstić information content (AvgIpc) is 3.21. The molecule has 0 unspecified atom stereocenters. The molecule has 8 heteroatoms. The molecule has 5 N–H and O–H groups in total. The van der Waals surface area contributed by atoms with E-state index in [-0.39, 0.29) is 42.6 Å². The molecule has 0 aromatic heterocycles. The van der Waals surface area contributed by atoms with Crippen molar-refractivity contribution in [2.24, 2.45) is 11.7 Å². The average molecular weight is 519 g/mol. The quantitative estimate of drug-likeness (QED) is 0.298. The van der Waals surface area contributed by atoms with Crippen LogP contribution in [0.5, 0.6) is 0 Å². The number of carbonyl (C=O) groups excluding carboxylic acids is 3. The van der Waals surface area contributed by atoms with Crippen LogP contribution in [0.2, 0.25) is 0 Å². The van der Waals surface area contributed by atoms with Crippen molar-refractivity contribution >= 4 is 23.4 Å². The van der Waals surface area contributed by atoms with Gasteiger partial charge in [-0.3, -0.25) is 14.4 Å². The third-order valence-electron chi connectivity index (χ3n) is 7.11. The maximum Gasteiger partial charge on any atom is 0.251 e. The fraction of sp³-hybridized carbons (Fsp3) is 0.400. The van der Waals surface area contributed by atoms with Crippen LogP contribution in [-0.4, -0.2) is 51.6 Å². The molecule has 0 spiro atoms. The number of aliphatic hydroxyl groups is 1. The Hall–Kier alpha value is -3.78. The Bertz CT molecular complexity index is 1250. The molecule has 1 heterocycles. The van der Waals surface area contributed by atoms with Gasteiger partial charge in [-0.15, -0.1) is 0 Å². The van der Waals surface area contributed by atoms with Gasteiger partial charge in [0.2, 0.25) is 11.8 Å². The number of aryl methyl sites for hydroxylation is 1. The Morgan fingerprint density at radius 2 is 1.84 bits per heavy atom. The zero-order valence-corrected chi connectivity index (χ0v) is 22.7. The molecule has 2 aromatic carbocycles. The molecule has 3 rings (SSSR count). The Morgan fingerprint density at radius 1 is 1.18 bits per heavy atom. The Balaban J connectivity index is 1.75. The fourth-order valence-electron chi connectivity index (χ4n) is 5.22. The standard InChI is InChI=1S/C30H38N4O4/c1-18-13-23(12-11-22(18)16-24(28(32)36)15-20(3)31)29(37)33-17-26(35)34-25(30(4,5)38)14-19(2)27(34)21-9-7-6-8-10-21/h6-13,15,19,25,27,31,38H,14,16-17H2,1-5H3,(H2,32,36)(H,33,37)/b24-15-,31-20?/t19-,25-,27+/m1/s1. The first-order chi connectivity index (χ1) is 17.8. The summed E-state index contributed by atoms with van der Waals surface area (Å²) in [5, 5.41) is 21.2. The maximum atomic E-state index is 13.5. The monoisotopic (exact) mass is 518 g/mol. The minimum Gasteiger partial charge on any atom is -0.388 e. The first-order valence-corrected chi connectivity index (χ1v) is 12.8. The van der Waals surface area contributed by atoms with Crippen LogP contribution >= 0.6 is 0 Å². The van der Waals surface area contributed by atoms with E-state index in [1.165, 1.54) is 6.08 Å². The molecule has 1 saturated heterocycles. The lowest BCUT2D eigenvalue weighted by atomic mass is 9.92. The summed E-state index contributed by atoms with van der Waals surface area (Å²) in [6, 6.07) is 14.3. The molecule has 0 radical (unpaired) electrons. The molecular formula is C30H38N4O4. The van der Waals surface area contributed by atoms with Crippen molar-refractivity contribution in [2.45, 2.75) is 65.1 Å². The molecule has 1 aliphatic rings. The van der Waals surface area contributed by atoms with Crippen molar-refractivity contribution < 1.29 is 19.5 Å². The van der Waals surface area contributed by atoms with Crippen LogP contribution in [0.15, 0.2) is 60.2 Å². The molecule has 0 aliphatic carbocycles. The summed E-state index contributed by atoms with van der Waals surface area (Å²) in [7, 11) is 0. The van der Waals surface area contributed by atoms with Crippen LogP contribution in [0.3, 0.4) is 0 Å². The smallest absolute Gasteiger partial charge is 0.251 e. The summed E-state index contributed by atoms with van der Waals surface area (Å²) in [5.41, 5.74) is 7.89. The third-order valence-corrected chi connectivity index (χ3v) is 7.11. The summed E-state index contributed by atoms with van der Waals surface area (Å²) < 4.78 is 0. The summed E-state index contributed by atoms with van der Waals surface area (Å²) >= 11 is 0. The van der Waals surface area contributed by atoms with Crippen LogP contribution in [-0.2, 0) is 16.0 Å². The topological polar surface area (TPSA) is 137 Å². The number of nitrogens with one attached hydrogen (secondary N) is 2. The summed E-state index contributed by atoms with van der Waals surface area (Å²) in [5.74, 6) is -1.10. The van der Waals surface area contributed by atoms with Crippen LogP contribution in [0.25, 0.3) is 0 Å². The molecule has 3 atom stereocenters. The maximum absolute atomic E-state index is 13.5. The number of nitrogens with two attached hydrogens (primary N) is 1. The van der Waals surface area contributed by atoms with Gasteiger partial charge in [-0.1, -0.05) is 43.3 Å². The molecule has 38 heavy (non-hydrogen) atoms. The van der Waals surface area contributed by atoms with Crippen molar-refractivity contribution in [1.29, 1.82) is 5.41 Å². The van der Waals surface area contributed by atoms with E-state index in [2.05, 4.69) is 12.2 Å². The van der Waals surface area contributed by atoms with Gasteiger partial charge in [-0.05, 0) is 74.9 Å². The minimum atomic E-state index is -1.10. The minimum absolute atomic E-state index is 0.138. The number of hydrogen-bond acceptors (Lipinski definition) is 5. The van der Waals surface area contributed by atoms with Gasteiger partial charge in [-0.2, -0.15) is 0 Å². The molecule has 2 aromatic rings. The second kappa shape index (κ2) is 11.7. The number of carbonyl (C=O) groups is 3. The zero-order valence-electron chi connectivity index (χ0n) is 22.7.